The van der Waals surface area contributed by atoms with E-state index in [1.54, 1.807) is 37.4 Å². The topological polar surface area (TPSA) is 72.1 Å². The minimum absolute atomic E-state index is 0.186. The molecule has 6 atom stereocenters. The molecule has 152 valence electrons. The van der Waals surface area contributed by atoms with Crippen molar-refractivity contribution in [2.75, 3.05) is 7.11 Å². The van der Waals surface area contributed by atoms with Crippen molar-refractivity contribution in [1.29, 1.82) is 0 Å². The van der Waals surface area contributed by atoms with E-state index in [2.05, 4.69) is 17.3 Å². The Kier molecular flexibility index (Phi) is 3.78. The van der Waals surface area contributed by atoms with Gasteiger partial charge in [0, 0.05) is 5.02 Å². The molecule has 7 heteroatoms. The summed E-state index contributed by atoms with van der Waals surface area (Å²) >= 11 is 6.10. The molecule has 2 amide bonds. The van der Waals surface area contributed by atoms with E-state index < -0.39 is 0 Å². The molecule has 1 aromatic heterocycles. The van der Waals surface area contributed by atoms with Crippen LogP contribution < -0.4 is 4.74 Å². The summed E-state index contributed by atoms with van der Waals surface area (Å²) in [5.41, 5.74) is 0.714. The lowest BCUT2D eigenvalue weighted by Gasteiger charge is -2.37. The minimum Gasteiger partial charge on any atom is -0.496 e. The van der Waals surface area contributed by atoms with Crippen LogP contribution in [0.25, 0.3) is 11.3 Å². The van der Waals surface area contributed by atoms with Crippen LogP contribution in [-0.4, -0.2) is 30.1 Å². The lowest BCUT2D eigenvalue weighted by atomic mass is 9.63. The average molecular weight is 423 g/mol. The van der Waals surface area contributed by atoms with Crippen molar-refractivity contribution >= 4 is 29.6 Å². The maximum absolute atomic E-state index is 13.0. The number of carbonyl (C=O) groups excluding carboxylic acids is 2. The molecule has 0 N–H and O–H groups in total. The van der Waals surface area contributed by atoms with E-state index in [0.29, 0.717) is 39.7 Å². The Bertz CT molecular complexity index is 1100. The van der Waals surface area contributed by atoms with Crippen LogP contribution in [0.5, 0.6) is 5.75 Å². The summed E-state index contributed by atoms with van der Waals surface area (Å²) in [5.74, 6) is 2.27. The Morgan fingerprint density at radius 2 is 1.80 bits per heavy atom. The Morgan fingerprint density at radius 1 is 1.10 bits per heavy atom. The Morgan fingerprint density at radius 3 is 2.47 bits per heavy atom. The molecule has 5 aliphatic rings. The quantitative estimate of drug-likeness (QED) is 0.424. The molecule has 1 aliphatic heterocycles. The van der Waals surface area contributed by atoms with Gasteiger partial charge in [0.05, 0.1) is 30.7 Å². The van der Waals surface area contributed by atoms with Crippen LogP contribution in [0.15, 0.2) is 52.0 Å². The zero-order chi connectivity index (χ0) is 20.6. The number of methoxy groups -OCH3 is 1. The van der Waals surface area contributed by atoms with E-state index in [4.69, 9.17) is 20.8 Å². The van der Waals surface area contributed by atoms with Gasteiger partial charge in [-0.3, -0.25) is 9.59 Å². The van der Waals surface area contributed by atoms with E-state index >= 15 is 0 Å². The number of amides is 2. The van der Waals surface area contributed by atoms with Gasteiger partial charge in [-0.05, 0) is 60.4 Å². The third-order valence-electron chi connectivity index (χ3n) is 6.99. The predicted molar refractivity (Wildman–Crippen MR) is 110 cm³/mol. The monoisotopic (exact) mass is 422 g/mol. The number of allylic oxidation sites excluding steroid dienone is 2. The predicted octanol–water partition coefficient (Wildman–Crippen LogP) is 4.00. The number of furan rings is 1. The molecular weight excluding hydrogens is 404 g/mol. The van der Waals surface area contributed by atoms with Crippen molar-refractivity contribution in [3.05, 3.63) is 53.3 Å². The molecular formula is C23H19ClN2O4. The van der Waals surface area contributed by atoms with Crippen molar-refractivity contribution in [2.45, 2.75) is 6.42 Å². The van der Waals surface area contributed by atoms with E-state index in [1.165, 1.54) is 6.21 Å². The lowest BCUT2D eigenvalue weighted by Crippen LogP contribution is -2.40. The summed E-state index contributed by atoms with van der Waals surface area (Å²) in [6.45, 7) is 0. The molecule has 4 aliphatic carbocycles. The molecule has 0 radical (unpaired) electrons. The molecule has 2 heterocycles. The summed E-state index contributed by atoms with van der Waals surface area (Å²) in [7, 11) is 1.58. The van der Waals surface area contributed by atoms with Crippen LogP contribution in [0.4, 0.5) is 0 Å². The number of nitrogens with zero attached hydrogens (tertiary/aromatic N) is 2. The summed E-state index contributed by atoms with van der Waals surface area (Å²) in [5, 5.41) is 5.83. The third kappa shape index (κ3) is 2.46. The van der Waals surface area contributed by atoms with Gasteiger partial charge < -0.3 is 9.15 Å². The molecule has 7 rings (SSSR count). The summed E-state index contributed by atoms with van der Waals surface area (Å²) in [6, 6.07) is 8.78. The first-order valence-electron chi connectivity index (χ1n) is 10.1. The average Bonchev–Trinajstić information content (AvgIpc) is 3.39. The van der Waals surface area contributed by atoms with Crippen LogP contribution in [0.3, 0.4) is 0 Å². The maximum Gasteiger partial charge on any atom is 0.254 e. The molecule has 0 spiro atoms. The second-order valence-corrected chi connectivity index (χ2v) is 8.87. The van der Waals surface area contributed by atoms with Crippen LogP contribution in [0.1, 0.15) is 12.2 Å². The van der Waals surface area contributed by atoms with Gasteiger partial charge in [-0.1, -0.05) is 23.8 Å². The molecule has 3 fully saturated rings. The number of hydrogen-bond acceptors (Lipinski definition) is 5. The van der Waals surface area contributed by atoms with Crippen molar-refractivity contribution in [1.82, 2.24) is 5.01 Å². The van der Waals surface area contributed by atoms with Crippen LogP contribution >= 0.6 is 11.6 Å². The van der Waals surface area contributed by atoms with Gasteiger partial charge in [-0.15, -0.1) is 0 Å². The van der Waals surface area contributed by atoms with Crippen LogP contribution in [-0.2, 0) is 9.59 Å². The number of hydrogen-bond donors (Lipinski definition) is 0. The first-order chi connectivity index (χ1) is 14.6. The summed E-state index contributed by atoms with van der Waals surface area (Å²) < 4.78 is 11.2. The lowest BCUT2D eigenvalue weighted by molar-refractivity contribution is -0.140. The van der Waals surface area contributed by atoms with E-state index in [1.807, 2.05) is 0 Å². The summed E-state index contributed by atoms with van der Waals surface area (Å²) in [4.78, 5) is 25.9. The highest BCUT2D eigenvalue weighted by molar-refractivity contribution is 6.31. The third-order valence-corrected chi connectivity index (χ3v) is 7.23. The molecule has 2 aromatic rings. The van der Waals surface area contributed by atoms with Crippen molar-refractivity contribution in [3.8, 4) is 17.1 Å². The number of benzene rings is 1. The molecule has 1 saturated heterocycles. The Hall–Kier alpha value is -2.86. The van der Waals surface area contributed by atoms with E-state index in [-0.39, 0.29) is 35.5 Å². The van der Waals surface area contributed by atoms with Gasteiger partial charge in [-0.2, -0.15) is 10.1 Å². The maximum atomic E-state index is 13.0. The van der Waals surface area contributed by atoms with Crippen LogP contribution in [0.2, 0.25) is 5.02 Å². The SMILES string of the molecule is COc1ccc(Cl)cc1-c1ccc(/C=N/N2C(=O)C3C4C=CC(C5CC45)C3C2=O)o1. The standard InChI is InChI=1S/C23H19ClN2O4/c1-29-18-6-2-11(24)8-17(18)19-7-3-12(30-19)10-25-26-22(27)20-13-4-5-14(16-9-15(13)16)21(20)23(26)28/h2-8,10,13-16,20-21H,9H2,1H3/b25-10+. The first kappa shape index (κ1) is 18.0. The minimum atomic E-state index is -0.253. The molecule has 6 unspecified atom stereocenters. The Labute approximate surface area is 178 Å². The largest absolute Gasteiger partial charge is 0.496 e. The van der Waals surface area contributed by atoms with Crippen molar-refractivity contribution < 1.29 is 18.7 Å². The highest BCUT2D eigenvalue weighted by Gasteiger charge is 2.67. The molecule has 1 aromatic carbocycles. The highest BCUT2D eigenvalue weighted by Crippen LogP contribution is 2.65. The number of ether oxygens (including phenoxy) is 1. The first-order valence-corrected chi connectivity index (χ1v) is 10.5. The van der Waals surface area contributed by atoms with E-state index in [0.717, 1.165) is 11.4 Å². The summed E-state index contributed by atoms with van der Waals surface area (Å²) in [6.07, 6.45) is 6.86. The second kappa shape index (κ2) is 6.32. The zero-order valence-electron chi connectivity index (χ0n) is 16.2. The fourth-order valence-electron chi connectivity index (χ4n) is 5.61. The van der Waals surface area contributed by atoms with Crippen LogP contribution in [0, 0.1) is 35.5 Å². The smallest absolute Gasteiger partial charge is 0.254 e. The number of hydrazone groups is 1. The zero-order valence-corrected chi connectivity index (χ0v) is 17.0. The van der Waals surface area contributed by atoms with Gasteiger partial charge in [-0.25, -0.2) is 0 Å². The number of rotatable bonds is 4. The normalized spacial score (nSPS) is 33.3. The number of carbonyl (C=O) groups is 2. The van der Waals surface area contributed by atoms with Gasteiger partial charge in [0.15, 0.2) is 0 Å². The Balaban J connectivity index is 1.26. The number of halogens is 1. The molecule has 6 nitrogen and oxygen atoms in total. The second-order valence-electron chi connectivity index (χ2n) is 8.43. The van der Waals surface area contributed by atoms with Gasteiger partial charge in [0.1, 0.15) is 17.3 Å². The van der Waals surface area contributed by atoms with E-state index in [9.17, 15) is 9.59 Å². The van der Waals surface area contributed by atoms with Crippen molar-refractivity contribution in [3.63, 3.8) is 0 Å². The highest BCUT2D eigenvalue weighted by atomic mass is 35.5. The van der Waals surface area contributed by atoms with Gasteiger partial charge >= 0.3 is 0 Å². The fraction of sp³-hybridized carbons (Fsp3) is 0.348. The number of imide groups is 1. The van der Waals surface area contributed by atoms with Gasteiger partial charge in [0.25, 0.3) is 11.8 Å². The molecule has 2 saturated carbocycles. The fourth-order valence-corrected chi connectivity index (χ4v) is 5.78. The molecule has 30 heavy (non-hydrogen) atoms. The molecule has 2 bridgehead atoms. The van der Waals surface area contributed by atoms with Crippen molar-refractivity contribution in [2.24, 2.45) is 40.6 Å². The van der Waals surface area contributed by atoms with Gasteiger partial charge in [0.2, 0.25) is 0 Å².